The van der Waals surface area contributed by atoms with Gasteiger partial charge < -0.3 is 24.4 Å². The number of hydrogen-bond acceptors (Lipinski definition) is 5. The molecular formula is C32H54O5. The summed E-state index contributed by atoms with van der Waals surface area (Å²) < 4.78 is 17.9. The van der Waals surface area contributed by atoms with Crippen LogP contribution in [0, 0.1) is 45.3 Å². The Kier molecular flexibility index (Phi) is 6.85. The molecule has 0 spiro atoms. The van der Waals surface area contributed by atoms with Crippen molar-refractivity contribution in [2.45, 2.75) is 130 Å². The highest BCUT2D eigenvalue weighted by Gasteiger charge is 2.66. The van der Waals surface area contributed by atoms with Crippen molar-refractivity contribution in [1.29, 1.82) is 0 Å². The monoisotopic (exact) mass is 518 g/mol. The molecule has 11 atom stereocenters. The number of fused-ring (bicyclic) bond motifs is 5. The Morgan fingerprint density at radius 1 is 1.03 bits per heavy atom. The van der Waals surface area contributed by atoms with Gasteiger partial charge in [0.15, 0.2) is 6.29 Å². The largest absolute Gasteiger partial charge is 0.393 e. The van der Waals surface area contributed by atoms with Crippen LogP contribution in [0.4, 0.5) is 0 Å². The third-order valence-corrected chi connectivity index (χ3v) is 13.4. The van der Waals surface area contributed by atoms with Crippen molar-refractivity contribution in [3.8, 4) is 0 Å². The fraction of sp³-hybridized carbons (Fsp3) is 0.938. The number of hydrogen-bond donors (Lipinski definition) is 2. The molecule has 2 N–H and O–H groups in total. The van der Waals surface area contributed by atoms with Crippen LogP contribution in [0.15, 0.2) is 11.6 Å². The Hall–Kier alpha value is -0.460. The molecule has 1 heterocycles. The van der Waals surface area contributed by atoms with Gasteiger partial charge in [-0.05, 0) is 105 Å². The van der Waals surface area contributed by atoms with Crippen LogP contribution in [0.25, 0.3) is 0 Å². The lowest BCUT2D eigenvalue weighted by molar-refractivity contribution is -0.189. The van der Waals surface area contributed by atoms with Gasteiger partial charge in [-0.1, -0.05) is 46.3 Å². The molecule has 3 saturated carbocycles. The Labute approximate surface area is 225 Å². The van der Waals surface area contributed by atoms with E-state index in [2.05, 4.69) is 40.7 Å². The average molecular weight is 519 g/mol. The van der Waals surface area contributed by atoms with Gasteiger partial charge in [0.25, 0.3) is 0 Å². The Morgan fingerprint density at radius 2 is 1.73 bits per heavy atom. The van der Waals surface area contributed by atoms with Gasteiger partial charge in [0, 0.05) is 20.1 Å². The second kappa shape index (κ2) is 9.03. The van der Waals surface area contributed by atoms with Crippen molar-refractivity contribution in [2.24, 2.45) is 45.3 Å². The molecule has 0 amide bonds. The maximum absolute atomic E-state index is 11.1. The first-order valence-corrected chi connectivity index (χ1v) is 15.0. The molecule has 0 bridgehead atoms. The van der Waals surface area contributed by atoms with Gasteiger partial charge in [-0.15, -0.1) is 0 Å². The zero-order valence-corrected chi connectivity index (χ0v) is 25.0. The average Bonchev–Trinajstić information content (AvgIpc) is 3.39. The van der Waals surface area contributed by atoms with E-state index in [9.17, 15) is 10.2 Å². The summed E-state index contributed by atoms with van der Waals surface area (Å²) in [5, 5.41) is 22.0. The smallest absolute Gasteiger partial charge is 0.160 e. The number of rotatable bonds is 5. The highest BCUT2D eigenvalue weighted by atomic mass is 16.7. The number of ether oxygens (including phenoxy) is 3. The van der Waals surface area contributed by atoms with Crippen LogP contribution < -0.4 is 0 Å². The molecule has 0 radical (unpaired) electrons. The summed E-state index contributed by atoms with van der Waals surface area (Å²) in [6.07, 6.45) is 10.0. The summed E-state index contributed by atoms with van der Waals surface area (Å²) in [4.78, 5) is 0. The Balaban J connectivity index is 1.44. The lowest BCUT2D eigenvalue weighted by Crippen LogP contribution is -2.58. The molecule has 1 saturated heterocycles. The van der Waals surface area contributed by atoms with Crippen molar-refractivity contribution in [3.63, 3.8) is 0 Å². The molecule has 5 rings (SSSR count). The molecule has 1 aliphatic heterocycles. The van der Waals surface area contributed by atoms with Crippen LogP contribution in [0.3, 0.4) is 0 Å². The molecule has 212 valence electrons. The molecule has 5 nitrogen and oxygen atoms in total. The van der Waals surface area contributed by atoms with Gasteiger partial charge in [-0.2, -0.15) is 0 Å². The van der Waals surface area contributed by atoms with E-state index < -0.39 is 11.7 Å². The van der Waals surface area contributed by atoms with Gasteiger partial charge in [0.05, 0.1) is 17.8 Å². The van der Waals surface area contributed by atoms with Crippen LogP contribution in [0.2, 0.25) is 0 Å². The van der Waals surface area contributed by atoms with Gasteiger partial charge >= 0.3 is 0 Å². The topological polar surface area (TPSA) is 68.2 Å². The first-order chi connectivity index (χ1) is 17.2. The van der Waals surface area contributed by atoms with Gasteiger partial charge in [0.1, 0.15) is 6.10 Å². The highest BCUT2D eigenvalue weighted by molar-refractivity contribution is 5.33. The van der Waals surface area contributed by atoms with Crippen LogP contribution in [0.1, 0.15) is 99.8 Å². The van der Waals surface area contributed by atoms with E-state index in [1.165, 1.54) is 25.7 Å². The van der Waals surface area contributed by atoms with Crippen LogP contribution in [-0.4, -0.2) is 54.6 Å². The SMILES string of the molecule is COC1OC(C(O)C(C)(C)OC)CC1C1CCC2(C)C3=CCC4C(C)(C)C(O)CCC4(C)C3CCC12C. The molecule has 11 unspecified atom stereocenters. The molecule has 37 heavy (non-hydrogen) atoms. The lowest BCUT2D eigenvalue weighted by atomic mass is 9.41. The maximum Gasteiger partial charge on any atom is 0.160 e. The predicted molar refractivity (Wildman–Crippen MR) is 146 cm³/mol. The van der Waals surface area contributed by atoms with Crippen molar-refractivity contribution in [3.05, 3.63) is 11.6 Å². The molecule has 5 heteroatoms. The Bertz CT molecular complexity index is 911. The van der Waals surface area contributed by atoms with Crippen molar-refractivity contribution in [2.75, 3.05) is 14.2 Å². The van der Waals surface area contributed by atoms with Crippen molar-refractivity contribution < 1.29 is 24.4 Å². The maximum atomic E-state index is 11.1. The number of methoxy groups -OCH3 is 2. The minimum Gasteiger partial charge on any atom is -0.393 e. The summed E-state index contributed by atoms with van der Waals surface area (Å²) in [5.41, 5.74) is 1.65. The quantitative estimate of drug-likeness (QED) is 0.430. The summed E-state index contributed by atoms with van der Waals surface area (Å²) in [6.45, 7) is 16.1. The summed E-state index contributed by atoms with van der Waals surface area (Å²) >= 11 is 0. The molecule has 0 aromatic rings. The van der Waals surface area contributed by atoms with E-state index >= 15 is 0 Å². The zero-order chi connectivity index (χ0) is 27.2. The third kappa shape index (κ3) is 3.80. The fourth-order valence-corrected chi connectivity index (χ4v) is 10.5. The zero-order valence-electron chi connectivity index (χ0n) is 25.0. The van der Waals surface area contributed by atoms with Crippen LogP contribution in [-0.2, 0) is 14.2 Å². The molecule has 0 aromatic carbocycles. The fourth-order valence-electron chi connectivity index (χ4n) is 10.5. The summed E-state index contributed by atoms with van der Waals surface area (Å²) in [7, 11) is 3.41. The first-order valence-electron chi connectivity index (χ1n) is 15.0. The van der Waals surface area contributed by atoms with E-state index in [0.717, 1.165) is 25.7 Å². The summed E-state index contributed by atoms with van der Waals surface area (Å²) in [6, 6.07) is 0. The van der Waals surface area contributed by atoms with Gasteiger partial charge in [-0.3, -0.25) is 0 Å². The van der Waals surface area contributed by atoms with E-state index in [4.69, 9.17) is 14.2 Å². The normalized spacial score (nSPS) is 50.1. The predicted octanol–water partition coefficient (Wildman–Crippen LogP) is 6.12. The minimum absolute atomic E-state index is 0.0341. The number of allylic oxidation sites excluding steroid dienone is 2. The van der Waals surface area contributed by atoms with Crippen LogP contribution >= 0.6 is 0 Å². The molecule has 4 fully saturated rings. The van der Waals surface area contributed by atoms with Gasteiger partial charge in [0.2, 0.25) is 0 Å². The minimum atomic E-state index is -0.695. The third-order valence-electron chi connectivity index (χ3n) is 13.4. The van der Waals surface area contributed by atoms with E-state index in [-0.39, 0.29) is 46.1 Å². The van der Waals surface area contributed by atoms with Gasteiger partial charge in [-0.25, -0.2) is 0 Å². The lowest BCUT2D eigenvalue weighted by Gasteiger charge is -2.64. The number of aliphatic hydroxyl groups excluding tert-OH is 2. The van der Waals surface area contributed by atoms with E-state index in [0.29, 0.717) is 17.8 Å². The molecular weight excluding hydrogens is 464 g/mol. The molecule has 0 aromatic heterocycles. The van der Waals surface area contributed by atoms with Crippen LogP contribution in [0.5, 0.6) is 0 Å². The summed E-state index contributed by atoms with van der Waals surface area (Å²) in [5.74, 6) is 1.93. The molecule has 4 aliphatic carbocycles. The second-order valence-corrected chi connectivity index (χ2v) is 15.2. The second-order valence-electron chi connectivity index (χ2n) is 15.2. The van der Waals surface area contributed by atoms with E-state index in [1.807, 2.05) is 13.8 Å². The number of aliphatic hydroxyl groups is 2. The standard InChI is InChI=1S/C32H54O5/c1-28(2)24-11-10-22-21(30(24,5)15-14-25(28)33)13-17-31(6)20(12-16-32(22,31)7)19-18-23(37-27(19)35-8)26(34)29(3,4)36-9/h10,19-21,23-27,33-34H,11-18H2,1-9H3. The van der Waals surface area contributed by atoms with Crippen molar-refractivity contribution in [1.82, 2.24) is 0 Å². The first kappa shape index (κ1) is 28.1. The highest BCUT2D eigenvalue weighted by Crippen LogP contribution is 2.73. The van der Waals surface area contributed by atoms with E-state index in [1.54, 1.807) is 19.8 Å². The Morgan fingerprint density at radius 3 is 2.38 bits per heavy atom. The van der Waals surface area contributed by atoms with Crippen molar-refractivity contribution >= 4 is 0 Å². The molecule has 5 aliphatic rings.